The first-order valence-electron chi connectivity index (χ1n) is 12.0. The van der Waals surface area contributed by atoms with Crippen molar-refractivity contribution in [3.8, 4) is 0 Å². The van der Waals surface area contributed by atoms with Gasteiger partial charge in [-0.2, -0.15) is 0 Å². The topological polar surface area (TPSA) is 105 Å². The van der Waals surface area contributed by atoms with Crippen LogP contribution in [0.5, 0.6) is 0 Å². The lowest BCUT2D eigenvalue weighted by Gasteiger charge is -2.34. The molecule has 10 heteroatoms. The fraction of sp³-hybridized carbons (Fsp3) is 0.560. The van der Waals surface area contributed by atoms with Crippen LogP contribution in [0.25, 0.3) is 0 Å². The highest BCUT2D eigenvalue weighted by Crippen LogP contribution is 2.24. The van der Waals surface area contributed by atoms with Crippen molar-refractivity contribution in [2.24, 2.45) is 11.3 Å². The number of nitrogens with zero attached hydrogens (tertiary/aromatic N) is 4. The monoisotopic (exact) mass is 503 g/mol. The van der Waals surface area contributed by atoms with E-state index in [0.29, 0.717) is 18.2 Å². The Labute approximate surface area is 209 Å². The SMILES string of the molecule is CC(Cc1ccc(Nc2cc(N(C)CC3CCN(OC(=O)C(C)(C)C)CC3)ncn2)cc1)[SH](=O)=O. The molecule has 1 atom stereocenters. The Morgan fingerprint density at radius 1 is 1.20 bits per heavy atom. The molecule has 9 nitrogen and oxygen atoms in total. The summed E-state index contributed by atoms with van der Waals surface area (Å²) in [7, 11) is -0.397. The zero-order chi connectivity index (χ0) is 25.6. The zero-order valence-electron chi connectivity index (χ0n) is 21.2. The summed E-state index contributed by atoms with van der Waals surface area (Å²) < 4.78 is 22.2. The Balaban J connectivity index is 1.51. The third kappa shape index (κ3) is 8.17. The van der Waals surface area contributed by atoms with Gasteiger partial charge in [-0.25, -0.2) is 23.2 Å². The second-order valence-corrected chi connectivity index (χ2v) is 11.8. The molecule has 0 amide bonds. The number of aromatic nitrogens is 2. The maximum atomic E-state index is 12.1. The van der Waals surface area contributed by atoms with Gasteiger partial charge in [0.05, 0.1) is 10.7 Å². The smallest absolute Gasteiger partial charge is 0.330 e. The lowest BCUT2D eigenvalue weighted by atomic mass is 9.97. The van der Waals surface area contributed by atoms with Gasteiger partial charge in [-0.15, -0.1) is 5.06 Å². The average molecular weight is 504 g/mol. The van der Waals surface area contributed by atoms with Crippen molar-refractivity contribution in [3.63, 3.8) is 0 Å². The van der Waals surface area contributed by atoms with E-state index in [9.17, 15) is 13.2 Å². The standard InChI is InChI=1S/C25H37N5O4S/c1-18(35(32)33)14-19-6-8-21(9-7-19)28-22-15-23(27-17-26-22)29(5)16-20-10-12-30(13-11-20)34-24(31)25(2,3)4/h6-9,15,17-18,20,35H,10-14,16H2,1-5H3,(H,26,27,28). The lowest BCUT2D eigenvalue weighted by Crippen LogP contribution is -2.41. The molecule has 0 spiro atoms. The number of hydrogen-bond donors (Lipinski definition) is 2. The molecule has 2 aromatic rings. The van der Waals surface area contributed by atoms with Gasteiger partial charge in [-0.1, -0.05) is 12.1 Å². The molecule has 0 aliphatic carbocycles. The number of thiol groups is 1. The highest BCUT2D eigenvalue weighted by molar-refractivity contribution is 7.73. The molecule has 1 aromatic heterocycles. The number of benzene rings is 1. The summed E-state index contributed by atoms with van der Waals surface area (Å²) in [5, 5.41) is 4.69. The minimum Gasteiger partial charge on any atom is -0.367 e. The number of hydrogen-bond acceptors (Lipinski definition) is 9. The molecule has 1 saturated heterocycles. The van der Waals surface area contributed by atoms with Gasteiger partial charge < -0.3 is 15.1 Å². The molecule has 2 heterocycles. The normalized spacial score (nSPS) is 16.2. The number of carbonyl (C=O) groups is 1. The first kappa shape index (κ1) is 26.9. The molecule has 0 bridgehead atoms. The molecule has 1 unspecified atom stereocenters. The van der Waals surface area contributed by atoms with Crippen molar-refractivity contribution in [1.29, 1.82) is 0 Å². The van der Waals surface area contributed by atoms with Crippen LogP contribution in [0.1, 0.15) is 46.1 Å². The molecule has 1 N–H and O–H groups in total. The Morgan fingerprint density at radius 3 is 2.46 bits per heavy atom. The fourth-order valence-corrected chi connectivity index (χ4v) is 4.19. The van der Waals surface area contributed by atoms with E-state index in [1.807, 2.05) is 58.2 Å². The first-order valence-corrected chi connectivity index (χ1v) is 13.3. The van der Waals surface area contributed by atoms with E-state index in [-0.39, 0.29) is 11.2 Å². The molecule has 0 saturated carbocycles. The van der Waals surface area contributed by atoms with Gasteiger partial charge in [0.15, 0.2) is 0 Å². The summed E-state index contributed by atoms with van der Waals surface area (Å²) >= 11 is 0. The van der Waals surface area contributed by atoms with Crippen LogP contribution in [-0.4, -0.2) is 61.4 Å². The highest BCUT2D eigenvalue weighted by Gasteiger charge is 2.28. The minimum atomic E-state index is -2.42. The molecule has 1 fully saturated rings. The second kappa shape index (κ2) is 11.8. The van der Waals surface area contributed by atoms with Crippen molar-refractivity contribution in [1.82, 2.24) is 15.0 Å². The zero-order valence-corrected chi connectivity index (χ0v) is 22.1. The number of piperidine rings is 1. The summed E-state index contributed by atoms with van der Waals surface area (Å²) in [6.07, 6.45) is 3.94. The minimum absolute atomic E-state index is 0.197. The molecule has 1 aromatic carbocycles. The van der Waals surface area contributed by atoms with Crippen LogP contribution in [0.15, 0.2) is 36.7 Å². The van der Waals surface area contributed by atoms with Crippen molar-refractivity contribution >= 4 is 34.0 Å². The second-order valence-electron chi connectivity index (χ2n) is 10.3. The van der Waals surface area contributed by atoms with Crippen LogP contribution in [0, 0.1) is 11.3 Å². The molecule has 3 rings (SSSR count). The summed E-state index contributed by atoms with van der Waals surface area (Å²) in [6, 6.07) is 9.61. The van der Waals surface area contributed by atoms with Crippen molar-refractivity contribution in [2.75, 3.05) is 36.9 Å². The van der Waals surface area contributed by atoms with Gasteiger partial charge in [0.1, 0.15) is 28.7 Å². The van der Waals surface area contributed by atoms with Crippen molar-refractivity contribution in [3.05, 3.63) is 42.2 Å². The average Bonchev–Trinajstić information content (AvgIpc) is 2.81. The maximum Gasteiger partial charge on any atom is 0.330 e. The maximum absolute atomic E-state index is 12.1. The van der Waals surface area contributed by atoms with E-state index in [0.717, 1.165) is 49.5 Å². The van der Waals surface area contributed by atoms with Crippen LogP contribution in [0.3, 0.4) is 0 Å². The van der Waals surface area contributed by atoms with E-state index < -0.39 is 16.1 Å². The van der Waals surface area contributed by atoms with Gasteiger partial charge in [0.2, 0.25) is 0 Å². The van der Waals surface area contributed by atoms with Crippen LogP contribution in [0.2, 0.25) is 0 Å². The van der Waals surface area contributed by atoms with Gasteiger partial charge in [0, 0.05) is 38.4 Å². The van der Waals surface area contributed by atoms with Crippen molar-refractivity contribution in [2.45, 2.75) is 52.2 Å². The highest BCUT2D eigenvalue weighted by atomic mass is 32.2. The Bertz CT molecular complexity index is 1050. The third-order valence-corrected chi connectivity index (χ3v) is 6.99. The van der Waals surface area contributed by atoms with Gasteiger partial charge in [0.25, 0.3) is 0 Å². The van der Waals surface area contributed by atoms with Crippen LogP contribution >= 0.6 is 0 Å². The first-order chi connectivity index (χ1) is 16.5. The molecular weight excluding hydrogens is 466 g/mol. The van der Waals surface area contributed by atoms with Crippen LogP contribution in [0.4, 0.5) is 17.3 Å². The third-order valence-electron chi connectivity index (χ3n) is 6.09. The molecular formula is C25H37N5O4S. The fourth-order valence-electron chi connectivity index (χ4n) is 3.83. The lowest BCUT2D eigenvalue weighted by molar-refractivity contribution is -0.205. The number of carbonyl (C=O) groups excluding carboxylic acids is 1. The predicted octanol–water partition coefficient (Wildman–Crippen LogP) is 3.42. The van der Waals surface area contributed by atoms with E-state index in [1.165, 1.54) is 0 Å². The van der Waals surface area contributed by atoms with E-state index in [2.05, 4.69) is 20.2 Å². The van der Waals surface area contributed by atoms with Gasteiger partial charge in [-0.3, -0.25) is 0 Å². The van der Waals surface area contributed by atoms with Gasteiger partial charge in [-0.05, 0) is 70.6 Å². The molecule has 1 aliphatic rings. The summed E-state index contributed by atoms with van der Waals surface area (Å²) in [6.45, 7) is 9.61. The molecule has 0 radical (unpaired) electrons. The van der Waals surface area contributed by atoms with Crippen molar-refractivity contribution < 1.29 is 18.0 Å². The molecule has 1 aliphatic heterocycles. The summed E-state index contributed by atoms with van der Waals surface area (Å²) in [5.74, 6) is 1.80. The number of nitrogens with one attached hydrogen (secondary N) is 1. The quantitative estimate of drug-likeness (QED) is 0.498. The summed E-state index contributed by atoms with van der Waals surface area (Å²) in [5.41, 5.74) is 1.35. The van der Waals surface area contributed by atoms with Crippen LogP contribution < -0.4 is 10.2 Å². The van der Waals surface area contributed by atoms with E-state index >= 15 is 0 Å². The number of rotatable bonds is 9. The largest absolute Gasteiger partial charge is 0.367 e. The Kier molecular flexibility index (Phi) is 9.07. The Hall–Kier alpha value is -2.72. The van der Waals surface area contributed by atoms with Gasteiger partial charge >= 0.3 is 5.97 Å². The van der Waals surface area contributed by atoms with Crippen LogP contribution in [-0.2, 0) is 26.8 Å². The number of hydroxylamine groups is 2. The van der Waals surface area contributed by atoms with E-state index in [4.69, 9.17) is 4.84 Å². The summed E-state index contributed by atoms with van der Waals surface area (Å²) in [4.78, 5) is 28.5. The Morgan fingerprint density at radius 2 is 1.86 bits per heavy atom. The molecule has 192 valence electrons. The molecule has 35 heavy (non-hydrogen) atoms. The number of anilines is 3. The predicted molar refractivity (Wildman–Crippen MR) is 138 cm³/mol. The van der Waals surface area contributed by atoms with E-state index in [1.54, 1.807) is 18.3 Å².